The molecular formula is C21H26N2O. The maximum absolute atomic E-state index is 5.57. The largest absolute Gasteiger partial charge is 0.376 e. The number of fused-ring (bicyclic) bond motifs is 1. The van der Waals surface area contributed by atoms with E-state index < -0.39 is 0 Å². The zero-order chi connectivity index (χ0) is 16.4. The molecule has 1 atom stereocenters. The lowest BCUT2D eigenvalue weighted by Gasteiger charge is -2.20. The van der Waals surface area contributed by atoms with Gasteiger partial charge in [0.15, 0.2) is 0 Å². The van der Waals surface area contributed by atoms with Crippen LogP contribution < -0.4 is 10.2 Å². The van der Waals surface area contributed by atoms with Crippen LogP contribution in [0.25, 0.3) is 0 Å². The lowest BCUT2D eigenvalue weighted by atomic mass is 10.0. The highest BCUT2D eigenvalue weighted by Crippen LogP contribution is 2.22. The molecule has 0 spiro atoms. The molecule has 1 saturated heterocycles. The molecular weight excluding hydrogens is 296 g/mol. The van der Waals surface area contributed by atoms with Gasteiger partial charge in [0.25, 0.3) is 0 Å². The maximum Gasteiger partial charge on any atom is 0.0719 e. The summed E-state index contributed by atoms with van der Waals surface area (Å²) in [6, 6.07) is 16.3. The molecule has 2 aliphatic heterocycles. The van der Waals surface area contributed by atoms with Crippen LogP contribution in [0, 0.1) is 6.92 Å². The van der Waals surface area contributed by atoms with E-state index in [0.29, 0.717) is 6.04 Å². The summed E-state index contributed by atoms with van der Waals surface area (Å²) in [4.78, 5) is 2.48. The van der Waals surface area contributed by atoms with E-state index in [2.05, 4.69) is 59.6 Å². The number of rotatable bonds is 4. The monoisotopic (exact) mass is 322 g/mol. The second-order valence-electron chi connectivity index (χ2n) is 7.05. The molecule has 3 heteroatoms. The summed E-state index contributed by atoms with van der Waals surface area (Å²) < 4.78 is 5.57. The number of nitrogens with zero attached hydrogens (tertiary/aromatic N) is 1. The normalized spacial score (nSPS) is 20.2. The highest BCUT2D eigenvalue weighted by atomic mass is 16.5. The Bertz CT molecular complexity index is 695. The fourth-order valence-electron chi connectivity index (χ4n) is 3.71. The fraction of sp³-hybridized carbons (Fsp3) is 0.429. The number of aryl methyl sites for hydroxylation is 1. The van der Waals surface area contributed by atoms with Gasteiger partial charge in [-0.25, -0.2) is 0 Å². The van der Waals surface area contributed by atoms with Gasteiger partial charge in [0.2, 0.25) is 0 Å². The van der Waals surface area contributed by atoms with E-state index in [1.165, 1.54) is 34.4 Å². The van der Waals surface area contributed by atoms with Crippen molar-refractivity contribution in [3.05, 3.63) is 64.7 Å². The summed E-state index contributed by atoms with van der Waals surface area (Å²) in [5.74, 6) is 0. The van der Waals surface area contributed by atoms with Crippen molar-refractivity contribution in [3.63, 3.8) is 0 Å². The third-order valence-electron chi connectivity index (χ3n) is 5.23. The van der Waals surface area contributed by atoms with Gasteiger partial charge in [-0.15, -0.1) is 0 Å². The fourth-order valence-corrected chi connectivity index (χ4v) is 3.71. The van der Waals surface area contributed by atoms with Gasteiger partial charge in [0.1, 0.15) is 0 Å². The second-order valence-corrected chi connectivity index (χ2v) is 7.05. The molecule has 0 aliphatic carbocycles. The van der Waals surface area contributed by atoms with E-state index >= 15 is 0 Å². The molecule has 126 valence electrons. The van der Waals surface area contributed by atoms with Crippen LogP contribution in [-0.4, -0.2) is 25.7 Å². The SMILES string of the molecule is Cc1ccc(N2CCC(NCc3ccc4c(c3)COCC4)C2)cc1. The van der Waals surface area contributed by atoms with Crippen molar-refractivity contribution in [2.45, 2.75) is 39.0 Å². The van der Waals surface area contributed by atoms with Crippen LogP contribution in [0.4, 0.5) is 5.69 Å². The van der Waals surface area contributed by atoms with Crippen molar-refractivity contribution in [2.24, 2.45) is 0 Å². The Kier molecular flexibility index (Phi) is 4.54. The second kappa shape index (κ2) is 6.96. The van der Waals surface area contributed by atoms with Crippen LogP contribution in [0.5, 0.6) is 0 Å². The molecule has 0 aromatic heterocycles. The minimum Gasteiger partial charge on any atom is -0.376 e. The summed E-state index contributed by atoms with van der Waals surface area (Å²) in [6.07, 6.45) is 2.26. The van der Waals surface area contributed by atoms with Crippen LogP contribution in [-0.2, 0) is 24.3 Å². The molecule has 24 heavy (non-hydrogen) atoms. The summed E-state index contributed by atoms with van der Waals surface area (Å²) in [6.45, 7) is 6.95. The first-order valence-corrected chi connectivity index (χ1v) is 9.01. The van der Waals surface area contributed by atoms with Crippen molar-refractivity contribution < 1.29 is 4.74 Å². The minimum atomic E-state index is 0.568. The number of anilines is 1. The first kappa shape index (κ1) is 15.7. The Labute approximate surface area is 144 Å². The molecule has 1 unspecified atom stereocenters. The van der Waals surface area contributed by atoms with Gasteiger partial charge in [0.05, 0.1) is 13.2 Å². The highest BCUT2D eigenvalue weighted by molar-refractivity contribution is 5.48. The lowest BCUT2D eigenvalue weighted by molar-refractivity contribution is 0.110. The number of hydrogen-bond acceptors (Lipinski definition) is 3. The van der Waals surface area contributed by atoms with Crippen molar-refractivity contribution in [1.29, 1.82) is 0 Å². The molecule has 0 saturated carbocycles. The van der Waals surface area contributed by atoms with E-state index in [9.17, 15) is 0 Å². The van der Waals surface area contributed by atoms with Crippen molar-refractivity contribution in [3.8, 4) is 0 Å². The van der Waals surface area contributed by atoms with Crippen molar-refractivity contribution in [2.75, 3.05) is 24.6 Å². The standard InChI is InChI=1S/C21H26N2O/c1-16-2-6-21(7-3-16)23-10-8-20(14-23)22-13-17-4-5-18-9-11-24-15-19(18)12-17/h2-7,12,20,22H,8-11,13-15H2,1H3. The summed E-state index contributed by atoms with van der Waals surface area (Å²) in [5, 5.41) is 3.73. The quantitative estimate of drug-likeness (QED) is 0.933. The third kappa shape index (κ3) is 3.47. The third-order valence-corrected chi connectivity index (χ3v) is 5.23. The average Bonchev–Trinajstić information content (AvgIpc) is 3.09. The van der Waals surface area contributed by atoms with E-state index in [1.807, 2.05) is 0 Å². The molecule has 0 bridgehead atoms. The zero-order valence-electron chi connectivity index (χ0n) is 14.4. The van der Waals surface area contributed by atoms with Gasteiger partial charge < -0.3 is 15.0 Å². The molecule has 2 aromatic carbocycles. The smallest absolute Gasteiger partial charge is 0.0719 e. The van der Waals surface area contributed by atoms with Crippen LogP contribution >= 0.6 is 0 Å². The Morgan fingerprint density at radius 1 is 1.12 bits per heavy atom. The number of benzene rings is 2. The van der Waals surface area contributed by atoms with Gasteiger partial charge >= 0.3 is 0 Å². The lowest BCUT2D eigenvalue weighted by Crippen LogP contribution is -2.32. The van der Waals surface area contributed by atoms with Gasteiger partial charge in [-0.1, -0.05) is 35.9 Å². The highest BCUT2D eigenvalue weighted by Gasteiger charge is 2.22. The first-order valence-electron chi connectivity index (χ1n) is 9.01. The first-order chi connectivity index (χ1) is 11.8. The zero-order valence-corrected chi connectivity index (χ0v) is 14.4. The average molecular weight is 322 g/mol. The summed E-state index contributed by atoms with van der Waals surface area (Å²) >= 11 is 0. The van der Waals surface area contributed by atoms with Gasteiger partial charge in [-0.2, -0.15) is 0 Å². The number of ether oxygens (including phenoxy) is 1. The Balaban J connectivity index is 1.33. The van der Waals surface area contributed by atoms with Crippen LogP contribution in [0.1, 0.15) is 28.7 Å². The summed E-state index contributed by atoms with van der Waals surface area (Å²) in [7, 11) is 0. The number of nitrogens with one attached hydrogen (secondary N) is 1. The Morgan fingerprint density at radius 3 is 2.88 bits per heavy atom. The maximum atomic E-state index is 5.57. The molecule has 2 aromatic rings. The molecule has 1 fully saturated rings. The Hall–Kier alpha value is -1.84. The summed E-state index contributed by atoms with van der Waals surface area (Å²) in [5.41, 5.74) is 6.86. The molecule has 3 nitrogen and oxygen atoms in total. The minimum absolute atomic E-state index is 0.568. The van der Waals surface area contributed by atoms with Crippen molar-refractivity contribution in [1.82, 2.24) is 5.32 Å². The molecule has 4 rings (SSSR count). The van der Waals surface area contributed by atoms with Gasteiger partial charge in [0, 0.05) is 31.4 Å². The van der Waals surface area contributed by atoms with Crippen molar-refractivity contribution >= 4 is 5.69 Å². The van der Waals surface area contributed by atoms with E-state index in [1.54, 1.807) is 0 Å². The van der Waals surface area contributed by atoms with E-state index in [-0.39, 0.29) is 0 Å². The van der Waals surface area contributed by atoms with Crippen LogP contribution in [0.15, 0.2) is 42.5 Å². The number of hydrogen-bond donors (Lipinski definition) is 1. The Morgan fingerprint density at radius 2 is 2.00 bits per heavy atom. The topological polar surface area (TPSA) is 24.5 Å². The van der Waals surface area contributed by atoms with E-state index in [4.69, 9.17) is 4.74 Å². The van der Waals surface area contributed by atoms with Gasteiger partial charge in [-0.05, 0) is 48.6 Å². The molecule has 0 amide bonds. The predicted octanol–water partition coefficient (Wildman–Crippen LogP) is 3.44. The van der Waals surface area contributed by atoms with Crippen LogP contribution in [0.3, 0.4) is 0 Å². The molecule has 2 aliphatic rings. The van der Waals surface area contributed by atoms with Gasteiger partial charge in [-0.3, -0.25) is 0 Å². The van der Waals surface area contributed by atoms with E-state index in [0.717, 1.165) is 39.3 Å². The predicted molar refractivity (Wildman–Crippen MR) is 98.4 cm³/mol. The molecule has 1 N–H and O–H groups in total. The molecule has 0 radical (unpaired) electrons. The van der Waals surface area contributed by atoms with Crippen LogP contribution in [0.2, 0.25) is 0 Å². The molecule has 2 heterocycles.